The van der Waals surface area contributed by atoms with Crippen LogP contribution in [0.3, 0.4) is 0 Å². The van der Waals surface area contributed by atoms with Crippen LogP contribution in [0.15, 0.2) is 48.5 Å². The Hall–Kier alpha value is -2.98. The van der Waals surface area contributed by atoms with Gasteiger partial charge in [-0.1, -0.05) is 50.2 Å². The van der Waals surface area contributed by atoms with E-state index in [9.17, 15) is 0 Å². The highest BCUT2D eigenvalue weighted by molar-refractivity contribution is 5.51. The fourth-order valence-electron chi connectivity index (χ4n) is 2.39. The van der Waals surface area contributed by atoms with Crippen molar-refractivity contribution in [2.75, 3.05) is 0 Å². The third-order valence-corrected chi connectivity index (χ3v) is 3.43. The van der Waals surface area contributed by atoms with Crippen molar-refractivity contribution in [2.24, 2.45) is 0 Å². The maximum atomic E-state index is 8.78. The maximum absolute atomic E-state index is 8.78. The summed E-state index contributed by atoms with van der Waals surface area (Å²) < 4.78 is 10.1. The first kappa shape index (κ1) is 14.4. The van der Waals surface area contributed by atoms with Crippen LogP contribution in [-0.4, -0.2) is 0 Å². The van der Waals surface area contributed by atoms with Gasteiger partial charge < -0.3 is 9.47 Å². The van der Waals surface area contributed by atoms with Gasteiger partial charge in [0.1, 0.15) is 11.5 Å². The fourth-order valence-corrected chi connectivity index (χ4v) is 2.39. The molecule has 0 aliphatic heterocycles. The Bertz CT molecular complexity index is 663. The number of nitrogens with zero attached hydrogens (tertiary/aromatic N) is 2. The Morgan fingerprint density at radius 3 is 1.52 bits per heavy atom. The Balaban J connectivity index is 2.58. The minimum absolute atomic E-state index is 0.485. The van der Waals surface area contributed by atoms with Crippen molar-refractivity contribution in [1.82, 2.24) is 0 Å². The van der Waals surface area contributed by atoms with Gasteiger partial charge in [0.05, 0.1) is 0 Å². The highest BCUT2D eigenvalue weighted by Gasteiger charge is 2.29. The van der Waals surface area contributed by atoms with Crippen LogP contribution >= 0.6 is 0 Å². The van der Waals surface area contributed by atoms with E-state index < -0.39 is 5.41 Å². The zero-order chi connectivity index (χ0) is 15.3. The minimum Gasteiger partial charge on any atom is -0.388 e. The third kappa shape index (κ3) is 2.80. The van der Waals surface area contributed by atoms with Crippen molar-refractivity contribution < 1.29 is 9.47 Å². The Morgan fingerprint density at radius 2 is 1.14 bits per heavy atom. The zero-order valence-corrected chi connectivity index (χ0v) is 11.8. The van der Waals surface area contributed by atoms with Crippen molar-refractivity contribution in [3.05, 3.63) is 59.7 Å². The molecular weight excluding hydrogens is 264 g/mol. The van der Waals surface area contributed by atoms with Crippen molar-refractivity contribution >= 4 is 0 Å². The summed E-state index contributed by atoms with van der Waals surface area (Å²) >= 11 is 0. The van der Waals surface area contributed by atoms with Crippen LogP contribution < -0.4 is 9.47 Å². The fraction of sp³-hybridized carbons (Fsp3) is 0.176. The Labute approximate surface area is 123 Å². The molecule has 2 aromatic rings. The van der Waals surface area contributed by atoms with Crippen LogP contribution in [0.1, 0.15) is 25.0 Å². The molecule has 104 valence electrons. The van der Waals surface area contributed by atoms with Crippen molar-refractivity contribution in [3.8, 4) is 24.0 Å². The molecule has 2 aromatic carbocycles. The van der Waals surface area contributed by atoms with E-state index >= 15 is 0 Å². The van der Waals surface area contributed by atoms with Crippen molar-refractivity contribution in [2.45, 2.75) is 19.3 Å². The first-order chi connectivity index (χ1) is 10.1. The molecular formula is C17H14N2O2. The number of ether oxygens (including phenoxy) is 2. The van der Waals surface area contributed by atoms with Crippen LogP contribution in [0.5, 0.6) is 11.5 Å². The Kier molecular flexibility index (Phi) is 4.11. The summed E-state index contributed by atoms with van der Waals surface area (Å²) in [6, 6.07) is 14.7. The lowest BCUT2D eigenvalue weighted by atomic mass is 9.77. The van der Waals surface area contributed by atoms with Crippen LogP contribution in [0.2, 0.25) is 0 Å². The largest absolute Gasteiger partial charge is 0.388 e. The van der Waals surface area contributed by atoms with E-state index in [1.807, 2.05) is 50.2 Å². The van der Waals surface area contributed by atoms with Crippen molar-refractivity contribution in [1.29, 1.82) is 10.5 Å². The molecule has 0 bridgehead atoms. The zero-order valence-electron chi connectivity index (χ0n) is 11.8. The van der Waals surface area contributed by atoms with Crippen LogP contribution in [0.25, 0.3) is 0 Å². The molecule has 0 fully saturated rings. The van der Waals surface area contributed by atoms with Gasteiger partial charge in [0, 0.05) is 16.5 Å². The highest BCUT2D eigenvalue weighted by atomic mass is 16.5. The molecule has 4 heteroatoms. The predicted octanol–water partition coefficient (Wildman–Crippen LogP) is 3.73. The molecule has 0 saturated heterocycles. The van der Waals surface area contributed by atoms with E-state index in [0.717, 1.165) is 11.1 Å². The molecule has 0 aromatic heterocycles. The van der Waals surface area contributed by atoms with Crippen LogP contribution in [0.4, 0.5) is 0 Å². The quantitative estimate of drug-likeness (QED) is 0.799. The SMILES string of the molecule is CC(C)(c1ccccc1OC#N)c1ccccc1OC#N. The van der Waals surface area contributed by atoms with Gasteiger partial charge in [-0.3, -0.25) is 0 Å². The minimum atomic E-state index is -0.485. The summed E-state index contributed by atoms with van der Waals surface area (Å²) in [5.41, 5.74) is 1.21. The van der Waals surface area contributed by atoms with E-state index in [2.05, 4.69) is 0 Å². The number of hydrogen-bond acceptors (Lipinski definition) is 4. The standard InChI is InChI=1S/C17H14N2O2/c1-17(2,13-7-3-5-9-15(13)20-11-18)14-8-4-6-10-16(14)21-12-19/h3-10H,1-2H3. The van der Waals surface area contributed by atoms with Gasteiger partial charge in [-0.05, 0) is 12.1 Å². The average Bonchev–Trinajstić information content (AvgIpc) is 2.49. The topological polar surface area (TPSA) is 66.0 Å². The first-order valence-electron chi connectivity index (χ1n) is 6.42. The van der Waals surface area contributed by atoms with E-state index in [0.29, 0.717) is 11.5 Å². The van der Waals surface area contributed by atoms with Gasteiger partial charge in [-0.25, -0.2) is 0 Å². The molecule has 4 nitrogen and oxygen atoms in total. The smallest absolute Gasteiger partial charge is 0.292 e. The lowest BCUT2D eigenvalue weighted by Crippen LogP contribution is -2.20. The molecule has 21 heavy (non-hydrogen) atoms. The van der Waals surface area contributed by atoms with E-state index in [1.54, 1.807) is 24.6 Å². The lowest BCUT2D eigenvalue weighted by Gasteiger charge is -2.28. The molecule has 0 atom stereocenters. The summed E-state index contributed by atoms with van der Waals surface area (Å²) in [6.07, 6.45) is 3.41. The molecule has 2 rings (SSSR count). The first-order valence-corrected chi connectivity index (χ1v) is 6.42. The van der Waals surface area contributed by atoms with Gasteiger partial charge >= 0.3 is 0 Å². The highest BCUT2D eigenvalue weighted by Crippen LogP contribution is 2.40. The summed E-state index contributed by atoms with van der Waals surface area (Å²) in [6.45, 7) is 3.98. The van der Waals surface area contributed by atoms with Crippen LogP contribution in [0, 0.1) is 23.0 Å². The van der Waals surface area contributed by atoms with E-state index in [4.69, 9.17) is 20.0 Å². The second kappa shape index (κ2) is 5.98. The summed E-state index contributed by atoms with van der Waals surface area (Å²) in [7, 11) is 0. The molecule has 0 saturated carbocycles. The molecule has 0 unspecified atom stereocenters. The molecule has 0 amide bonds. The molecule has 0 aliphatic carbocycles. The van der Waals surface area contributed by atoms with Gasteiger partial charge in [0.25, 0.3) is 12.5 Å². The van der Waals surface area contributed by atoms with Gasteiger partial charge in [0.2, 0.25) is 0 Å². The number of nitriles is 2. The number of para-hydroxylation sites is 2. The van der Waals surface area contributed by atoms with Gasteiger partial charge in [-0.2, -0.15) is 0 Å². The summed E-state index contributed by atoms with van der Waals surface area (Å²) in [4.78, 5) is 0. The summed E-state index contributed by atoms with van der Waals surface area (Å²) in [5.74, 6) is 0.994. The maximum Gasteiger partial charge on any atom is 0.292 e. The molecule has 0 heterocycles. The molecule has 0 radical (unpaired) electrons. The molecule has 0 N–H and O–H groups in total. The number of hydrogen-bond donors (Lipinski definition) is 0. The number of rotatable bonds is 4. The summed E-state index contributed by atoms with van der Waals surface area (Å²) in [5, 5.41) is 17.6. The lowest BCUT2D eigenvalue weighted by molar-refractivity contribution is 0.464. The van der Waals surface area contributed by atoms with E-state index in [1.165, 1.54) is 0 Å². The molecule has 0 aliphatic rings. The van der Waals surface area contributed by atoms with E-state index in [-0.39, 0.29) is 0 Å². The van der Waals surface area contributed by atoms with Crippen LogP contribution in [-0.2, 0) is 5.41 Å². The third-order valence-electron chi connectivity index (χ3n) is 3.43. The second-order valence-electron chi connectivity index (χ2n) is 5.00. The predicted molar refractivity (Wildman–Crippen MR) is 77.5 cm³/mol. The molecule has 0 spiro atoms. The number of benzene rings is 2. The normalized spacial score (nSPS) is 10.3. The second-order valence-corrected chi connectivity index (χ2v) is 5.00. The van der Waals surface area contributed by atoms with Crippen molar-refractivity contribution in [3.63, 3.8) is 0 Å². The monoisotopic (exact) mass is 278 g/mol. The van der Waals surface area contributed by atoms with Gasteiger partial charge in [0.15, 0.2) is 0 Å². The van der Waals surface area contributed by atoms with Gasteiger partial charge in [-0.15, -0.1) is 10.5 Å². The Morgan fingerprint density at radius 1 is 0.762 bits per heavy atom. The average molecular weight is 278 g/mol.